The van der Waals surface area contributed by atoms with Crippen molar-refractivity contribution in [2.75, 3.05) is 13.1 Å². The summed E-state index contributed by atoms with van der Waals surface area (Å²) >= 11 is 11.9. The van der Waals surface area contributed by atoms with Crippen LogP contribution in [0.4, 0.5) is 0 Å². The molecule has 1 amide bonds. The van der Waals surface area contributed by atoms with E-state index in [0.717, 1.165) is 4.90 Å². The van der Waals surface area contributed by atoms with Crippen LogP contribution in [0.25, 0.3) is 0 Å². The van der Waals surface area contributed by atoms with Crippen molar-refractivity contribution in [3.63, 3.8) is 0 Å². The zero-order valence-corrected chi connectivity index (χ0v) is 10.9. The Bertz CT molecular complexity index is 495. The van der Waals surface area contributed by atoms with Crippen molar-refractivity contribution in [3.8, 4) is 12.1 Å². The highest BCUT2D eigenvalue weighted by molar-refractivity contribution is 6.36. The van der Waals surface area contributed by atoms with E-state index in [1.807, 2.05) is 12.1 Å². The first-order valence-corrected chi connectivity index (χ1v) is 5.80. The van der Waals surface area contributed by atoms with Gasteiger partial charge in [-0.25, -0.2) is 0 Å². The minimum absolute atomic E-state index is 0.0259. The molecule has 0 aliphatic rings. The van der Waals surface area contributed by atoms with Crippen LogP contribution in [-0.2, 0) is 11.2 Å². The third-order valence-electron chi connectivity index (χ3n) is 2.27. The predicted octanol–water partition coefficient (Wildman–Crippen LogP) is 2.41. The number of hydrogen-bond donors (Lipinski definition) is 0. The Hall–Kier alpha value is -1.75. The lowest BCUT2D eigenvalue weighted by atomic mass is 10.1. The fraction of sp³-hybridized carbons (Fsp3) is 0.250. The zero-order valence-electron chi connectivity index (χ0n) is 9.36. The average Bonchev–Trinajstić information content (AvgIpc) is 2.33. The average molecular weight is 282 g/mol. The van der Waals surface area contributed by atoms with E-state index in [2.05, 4.69) is 0 Å². The van der Waals surface area contributed by atoms with Crippen LogP contribution in [0.3, 0.4) is 0 Å². The van der Waals surface area contributed by atoms with Crippen LogP contribution in [0.15, 0.2) is 18.2 Å². The molecular weight excluding hydrogens is 273 g/mol. The molecule has 0 saturated heterocycles. The quantitative estimate of drug-likeness (QED) is 0.796. The van der Waals surface area contributed by atoms with Gasteiger partial charge in [0.1, 0.15) is 13.1 Å². The Morgan fingerprint density at radius 2 is 1.67 bits per heavy atom. The molecule has 0 spiro atoms. The van der Waals surface area contributed by atoms with Gasteiger partial charge in [-0.05, 0) is 17.7 Å². The van der Waals surface area contributed by atoms with E-state index in [4.69, 9.17) is 33.7 Å². The molecule has 0 bridgehead atoms. The highest BCUT2D eigenvalue weighted by Gasteiger charge is 2.16. The van der Waals surface area contributed by atoms with Crippen LogP contribution in [0.2, 0.25) is 10.0 Å². The van der Waals surface area contributed by atoms with Gasteiger partial charge in [0.05, 0.1) is 18.6 Å². The number of nitriles is 2. The number of carbonyl (C=O) groups is 1. The molecule has 0 atom stereocenters. The smallest absolute Gasteiger partial charge is 0.228 e. The second kappa shape index (κ2) is 6.86. The lowest BCUT2D eigenvalue weighted by molar-refractivity contribution is -0.129. The number of carbonyl (C=O) groups excluding carboxylic acids is 1. The van der Waals surface area contributed by atoms with Crippen LogP contribution in [0, 0.1) is 22.7 Å². The van der Waals surface area contributed by atoms with Gasteiger partial charge in [-0.15, -0.1) is 0 Å². The van der Waals surface area contributed by atoms with Crippen molar-refractivity contribution < 1.29 is 4.79 Å². The number of halogens is 2. The normalized spacial score (nSPS) is 9.33. The first kappa shape index (κ1) is 14.3. The number of benzene rings is 1. The molecule has 0 radical (unpaired) electrons. The summed E-state index contributed by atoms with van der Waals surface area (Å²) < 4.78 is 0. The Kier molecular flexibility index (Phi) is 5.45. The van der Waals surface area contributed by atoms with Crippen molar-refractivity contribution in [3.05, 3.63) is 33.8 Å². The van der Waals surface area contributed by atoms with Gasteiger partial charge >= 0.3 is 0 Å². The standard InChI is InChI=1S/C12H9Cl2N3O/c13-10-2-1-3-11(14)9(10)8-12(18)17(6-4-15)7-5-16/h1-3H,6-8H2. The summed E-state index contributed by atoms with van der Waals surface area (Å²) in [6.07, 6.45) is -0.0259. The molecule has 1 rings (SSSR count). The van der Waals surface area contributed by atoms with Gasteiger partial charge in [0.25, 0.3) is 0 Å². The summed E-state index contributed by atoms with van der Waals surface area (Å²) in [5.74, 6) is -0.354. The summed E-state index contributed by atoms with van der Waals surface area (Å²) in [7, 11) is 0. The van der Waals surface area contributed by atoms with Crippen molar-refractivity contribution in [1.29, 1.82) is 10.5 Å². The zero-order chi connectivity index (χ0) is 13.5. The lowest BCUT2D eigenvalue weighted by Crippen LogP contribution is -2.33. The molecule has 0 fully saturated rings. The van der Waals surface area contributed by atoms with Gasteiger partial charge in [-0.3, -0.25) is 4.79 Å². The minimum atomic E-state index is -0.354. The van der Waals surface area contributed by atoms with Crippen LogP contribution in [0.5, 0.6) is 0 Å². The second-order valence-corrected chi connectivity index (χ2v) is 4.26. The topological polar surface area (TPSA) is 67.9 Å². The van der Waals surface area contributed by atoms with Gasteiger partial charge < -0.3 is 4.90 Å². The van der Waals surface area contributed by atoms with Gasteiger partial charge in [0.15, 0.2) is 0 Å². The highest BCUT2D eigenvalue weighted by Crippen LogP contribution is 2.25. The largest absolute Gasteiger partial charge is 0.316 e. The van der Waals surface area contributed by atoms with Gasteiger partial charge in [-0.1, -0.05) is 29.3 Å². The number of amides is 1. The first-order valence-electron chi connectivity index (χ1n) is 5.04. The third-order valence-corrected chi connectivity index (χ3v) is 2.97. The Balaban J connectivity index is 2.87. The first-order chi connectivity index (χ1) is 8.60. The lowest BCUT2D eigenvalue weighted by Gasteiger charge is -2.16. The maximum atomic E-state index is 11.9. The van der Waals surface area contributed by atoms with Crippen molar-refractivity contribution in [1.82, 2.24) is 4.90 Å². The molecule has 0 aliphatic carbocycles. The molecule has 0 saturated carbocycles. The molecule has 0 heterocycles. The monoisotopic (exact) mass is 281 g/mol. The van der Waals surface area contributed by atoms with Crippen molar-refractivity contribution in [2.24, 2.45) is 0 Å². The molecule has 0 unspecified atom stereocenters. The van der Waals surface area contributed by atoms with E-state index >= 15 is 0 Å². The van der Waals surface area contributed by atoms with Gasteiger partial charge in [-0.2, -0.15) is 10.5 Å². The Morgan fingerprint density at radius 3 is 2.11 bits per heavy atom. The summed E-state index contributed by atoms with van der Waals surface area (Å²) in [4.78, 5) is 13.1. The van der Waals surface area contributed by atoms with E-state index in [1.54, 1.807) is 18.2 Å². The van der Waals surface area contributed by atoms with Gasteiger partial charge in [0.2, 0.25) is 5.91 Å². The van der Waals surface area contributed by atoms with Gasteiger partial charge in [0, 0.05) is 10.0 Å². The molecular formula is C12H9Cl2N3O. The highest BCUT2D eigenvalue weighted by atomic mass is 35.5. The molecule has 0 N–H and O–H groups in total. The SMILES string of the molecule is N#CCN(CC#N)C(=O)Cc1c(Cl)cccc1Cl. The minimum Gasteiger partial charge on any atom is -0.316 e. The predicted molar refractivity (Wildman–Crippen MR) is 68.0 cm³/mol. The summed E-state index contributed by atoms with van der Waals surface area (Å²) in [6, 6.07) is 8.62. The number of hydrogen-bond acceptors (Lipinski definition) is 3. The molecule has 6 heteroatoms. The number of rotatable bonds is 4. The summed E-state index contributed by atoms with van der Waals surface area (Å²) in [5, 5.41) is 18.0. The number of nitrogens with zero attached hydrogens (tertiary/aromatic N) is 3. The van der Waals surface area contributed by atoms with Crippen LogP contribution in [0.1, 0.15) is 5.56 Å². The second-order valence-electron chi connectivity index (χ2n) is 3.44. The van der Waals surface area contributed by atoms with E-state index in [9.17, 15) is 4.79 Å². The summed E-state index contributed by atoms with van der Waals surface area (Å²) in [6.45, 7) is -0.261. The fourth-order valence-corrected chi connectivity index (χ4v) is 1.90. The van der Waals surface area contributed by atoms with Crippen molar-refractivity contribution >= 4 is 29.1 Å². The summed E-state index contributed by atoms with van der Waals surface area (Å²) in [5.41, 5.74) is 0.506. The van der Waals surface area contributed by atoms with Crippen LogP contribution in [-0.4, -0.2) is 23.9 Å². The van der Waals surface area contributed by atoms with E-state index < -0.39 is 0 Å². The molecule has 1 aromatic carbocycles. The third kappa shape index (κ3) is 3.63. The molecule has 0 aromatic heterocycles. The van der Waals surface area contributed by atoms with E-state index in [0.29, 0.717) is 15.6 Å². The van der Waals surface area contributed by atoms with Crippen LogP contribution < -0.4 is 0 Å². The van der Waals surface area contributed by atoms with Crippen molar-refractivity contribution in [2.45, 2.75) is 6.42 Å². The molecule has 18 heavy (non-hydrogen) atoms. The molecule has 92 valence electrons. The van der Waals surface area contributed by atoms with Crippen LogP contribution >= 0.6 is 23.2 Å². The fourth-order valence-electron chi connectivity index (χ4n) is 1.37. The van der Waals surface area contributed by atoms with E-state index in [1.165, 1.54) is 0 Å². The molecule has 4 nitrogen and oxygen atoms in total. The Morgan fingerprint density at radius 1 is 1.17 bits per heavy atom. The van der Waals surface area contributed by atoms with E-state index in [-0.39, 0.29) is 25.4 Å². The maximum absolute atomic E-state index is 11.9. The maximum Gasteiger partial charge on any atom is 0.228 e. The molecule has 0 aliphatic heterocycles. The Labute approximate surface area is 115 Å². The molecule has 1 aromatic rings.